The molecule has 2 rings (SSSR count). The Morgan fingerprint density at radius 1 is 1.43 bits per heavy atom. The van der Waals surface area contributed by atoms with Gasteiger partial charge in [-0.3, -0.25) is 9.69 Å². The average molecular weight is 309 g/mol. The van der Waals surface area contributed by atoms with Crippen LogP contribution in [0.2, 0.25) is 5.02 Å². The molecule has 1 saturated heterocycles. The van der Waals surface area contributed by atoms with Crippen LogP contribution >= 0.6 is 11.6 Å². The second-order valence-electron chi connectivity index (χ2n) is 6.00. The van der Waals surface area contributed by atoms with E-state index in [1.807, 2.05) is 18.2 Å². The summed E-state index contributed by atoms with van der Waals surface area (Å²) in [6.07, 6.45) is 2.88. The Hall–Kier alpha value is -1.06. The third kappa shape index (κ3) is 5.01. The first-order valence-electron chi connectivity index (χ1n) is 7.85. The van der Waals surface area contributed by atoms with Crippen molar-refractivity contribution in [3.63, 3.8) is 0 Å². The summed E-state index contributed by atoms with van der Waals surface area (Å²) < 4.78 is 0. The van der Waals surface area contributed by atoms with Crippen LogP contribution < -0.4 is 5.32 Å². The molecule has 4 heteroatoms. The van der Waals surface area contributed by atoms with Gasteiger partial charge in [-0.05, 0) is 57.0 Å². The zero-order valence-electron chi connectivity index (χ0n) is 12.9. The highest BCUT2D eigenvalue weighted by atomic mass is 35.5. The fraction of sp³-hybridized carbons (Fsp3) is 0.588. The summed E-state index contributed by atoms with van der Waals surface area (Å²) in [6, 6.07) is 8.29. The van der Waals surface area contributed by atoms with Gasteiger partial charge in [-0.15, -0.1) is 0 Å². The molecule has 116 valence electrons. The van der Waals surface area contributed by atoms with Crippen LogP contribution in [0.3, 0.4) is 0 Å². The summed E-state index contributed by atoms with van der Waals surface area (Å²) in [4.78, 5) is 14.5. The number of nitrogens with zero attached hydrogens (tertiary/aromatic N) is 1. The van der Waals surface area contributed by atoms with E-state index < -0.39 is 0 Å². The lowest BCUT2D eigenvalue weighted by Crippen LogP contribution is -2.42. The molecule has 1 N–H and O–H groups in total. The molecule has 0 spiro atoms. The Bertz CT molecular complexity index is 470. The van der Waals surface area contributed by atoms with Crippen LogP contribution in [0.25, 0.3) is 0 Å². The van der Waals surface area contributed by atoms with Crippen molar-refractivity contribution in [2.75, 3.05) is 13.1 Å². The number of amides is 1. The number of likely N-dealkylation sites (tertiary alicyclic amines) is 1. The Morgan fingerprint density at radius 2 is 2.14 bits per heavy atom. The van der Waals surface area contributed by atoms with Crippen LogP contribution in [0.15, 0.2) is 24.3 Å². The lowest BCUT2D eigenvalue weighted by Gasteiger charge is -2.31. The Balaban J connectivity index is 1.79. The molecule has 21 heavy (non-hydrogen) atoms. The highest BCUT2D eigenvalue weighted by molar-refractivity contribution is 6.30. The van der Waals surface area contributed by atoms with Crippen LogP contribution in [0.4, 0.5) is 0 Å². The summed E-state index contributed by atoms with van der Waals surface area (Å²) in [6.45, 7) is 7.03. The van der Waals surface area contributed by atoms with Crippen molar-refractivity contribution in [3.05, 3.63) is 34.9 Å². The van der Waals surface area contributed by atoms with E-state index in [2.05, 4.69) is 30.1 Å². The smallest absolute Gasteiger partial charge is 0.223 e. The maximum atomic E-state index is 12.1. The topological polar surface area (TPSA) is 32.3 Å². The first-order chi connectivity index (χ1) is 10.1. The Morgan fingerprint density at radius 3 is 2.76 bits per heavy atom. The normalized spacial score (nSPS) is 18.4. The minimum absolute atomic E-state index is 0.176. The van der Waals surface area contributed by atoms with Crippen LogP contribution in [-0.4, -0.2) is 29.9 Å². The Kier molecular flexibility index (Phi) is 6.07. The Labute approximate surface area is 132 Å². The van der Waals surface area contributed by atoms with Crippen molar-refractivity contribution in [2.45, 2.75) is 45.7 Å². The molecule has 0 aromatic heterocycles. The molecule has 0 saturated carbocycles. The van der Waals surface area contributed by atoms with Gasteiger partial charge >= 0.3 is 0 Å². The van der Waals surface area contributed by atoms with Gasteiger partial charge in [0.25, 0.3) is 0 Å². The van der Waals surface area contributed by atoms with E-state index in [-0.39, 0.29) is 17.9 Å². The summed E-state index contributed by atoms with van der Waals surface area (Å²) in [5.41, 5.74) is 1.24. The largest absolute Gasteiger partial charge is 0.353 e. The average Bonchev–Trinajstić information content (AvgIpc) is 2.47. The minimum Gasteiger partial charge on any atom is -0.353 e. The molecule has 0 unspecified atom stereocenters. The number of hydrogen-bond donors (Lipinski definition) is 1. The van der Waals surface area contributed by atoms with Crippen LogP contribution in [-0.2, 0) is 11.3 Å². The fourth-order valence-corrected chi connectivity index (χ4v) is 2.92. The molecule has 1 aromatic rings. The third-order valence-electron chi connectivity index (χ3n) is 4.25. The van der Waals surface area contributed by atoms with Crippen LogP contribution in [0, 0.1) is 5.92 Å². The molecule has 1 fully saturated rings. The number of carbonyl (C=O) groups excluding carboxylic acids is 1. The molecule has 0 radical (unpaired) electrons. The van der Waals surface area contributed by atoms with E-state index in [1.165, 1.54) is 5.56 Å². The van der Waals surface area contributed by atoms with E-state index in [1.54, 1.807) is 0 Å². The third-order valence-corrected chi connectivity index (χ3v) is 4.49. The monoisotopic (exact) mass is 308 g/mol. The second kappa shape index (κ2) is 7.81. The lowest BCUT2D eigenvalue weighted by molar-refractivity contribution is -0.127. The van der Waals surface area contributed by atoms with E-state index in [4.69, 9.17) is 11.6 Å². The van der Waals surface area contributed by atoms with Gasteiger partial charge in [0.1, 0.15) is 0 Å². The molecule has 1 aliphatic rings. The van der Waals surface area contributed by atoms with E-state index >= 15 is 0 Å². The number of rotatable bonds is 5. The van der Waals surface area contributed by atoms with Gasteiger partial charge in [-0.2, -0.15) is 0 Å². The van der Waals surface area contributed by atoms with Gasteiger partial charge in [0, 0.05) is 23.5 Å². The van der Waals surface area contributed by atoms with Gasteiger partial charge in [0.2, 0.25) is 5.91 Å². The second-order valence-corrected chi connectivity index (χ2v) is 6.43. The van der Waals surface area contributed by atoms with Gasteiger partial charge in [-0.25, -0.2) is 0 Å². The first kappa shape index (κ1) is 16.3. The van der Waals surface area contributed by atoms with Crippen molar-refractivity contribution in [3.8, 4) is 0 Å². The zero-order valence-corrected chi connectivity index (χ0v) is 13.7. The van der Waals surface area contributed by atoms with Crippen molar-refractivity contribution in [2.24, 2.45) is 5.92 Å². The molecule has 1 amide bonds. The quantitative estimate of drug-likeness (QED) is 0.903. The molecular formula is C17H25ClN2O. The summed E-state index contributed by atoms with van der Waals surface area (Å²) in [5.74, 6) is 0.404. The first-order valence-corrected chi connectivity index (χ1v) is 8.23. The molecule has 0 bridgehead atoms. The van der Waals surface area contributed by atoms with E-state index in [0.29, 0.717) is 0 Å². The highest BCUT2D eigenvalue weighted by Gasteiger charge is 2.25. The number of piperidine rings is 1. The van der Waals surface area contributed by atoms with Crippen molar-refractivity contribution in [1.82, 2.24) is 10.2 Å². The maximum absolute atomic E-state index is 12.1. The summed E-state index contributed by atoms with van der Waals surface area (Å²) in [5, 5.41) is 3.88. The zero-order chi connectivity index (χ0) is 15.2. The van der Waals surface area contributed by atoms with E-state index in [9.17, 15) is 4.79 Å². The van der Waals surface area contributed by atoms with Crippen LogP contribution in [0.5, 0.6) is 0 Å². The molecule has 0 aliphatic carbocycles. The molecule has 1 aliphatic heterocycles. The fourth-order valence-electron chi connectivity index (χ4n) is 2.71. The number of nitrogens with one attached hydrogen (secondary N) is 1. The van der Waals surface area contributed by atoms with Crippen molar-refractivity contribution in [1.29, 1.82) is 0 Å². The standard InChI is InChI=1S/C17H25ClN2O/c1-3-13(2)19-17(21)15-7-9-20(10-8-15)12-14-5-4-6-16(18)11-14/h4-6,11,13,15H,3,7-10,12H2,1-2H3,(H,19,21)/t13-/m0/s1. The highest BCUT2D eigenvalue weighted by Crippen LogP contribution is 2.20. The van der Waals surface area contributed by atoms with Gasteiger partial charge in [0.15, 0.2) is 0 Å². The molecule has 1 heterocycles. The van der Waals surface area contributed by atoms with Gasteiger partial charge in [0.05, 0.1) is 0 Å². The van der Waals surface area contributed by atoms with Crippen molar-refractivity contribution >= 4 is 17.5 Å². The maximum Gasteiger partial charge on any atom is 0.223 e. The summed E-state index contributed by atoms with van der Waals surface area (Å²) in [7, 11) is 0. The van der Waals surface area contributed by atoms with Crippen LogP contribution in [0.1, 0.15) is 38.7 Å². The molecular weight excluding hydrogens is 284 g/mol. The summed E-state index contributed by atoms with van der Waals surface area (Å²) >= 11 is 6.02. The number of benzene rings is 1. The molecule has 1 atom stereocenters. The SMILES string of the molecule is CC[C@H](C)NC(=O)C1CCN(Cc2cccc(Cl)c2)CC1. The number of halogens is 1. The predicted octanol–water partition coefficient (Wildman–Crippen LogP) is 3.47. The number of carbonyl (C=O) groups is 1. The van der Waals surface area contributed by atoms with Gasteiger partial charge in [-0.1, -0.05) is 30.7 Å². The van der Waals surface area contributed by atoms with Crippen molar-refractivity contribution < 1.29 is 4.79 Å². The van der Waals surface area contributed by atoms with Gasteiger partial charge < -0.3 is 5.32 Å². The van der Waals surface area contributed by atoms with E-state index in [0.717, 1.165) is 43.9 Å². The lowest BCUT2D eigenvalue weighted by atomic mass is 9.95. The molecule has 3 nitrogen and oxygen atoms in total. The predicted molar refractivity (Wildman–Crippen MR) is 87.3 cm³/mol. The minimum atomic E-state index is 0.176. The molecule has 1 aromatic carbocycles. The number of hydrogen-bond acceptors (Lipinski definition) is 2.